The number of piperidine rings is 1. The summed E-state index contributed by atoms with van der Waals surface area (Å²) in [5, 5.41) is 13.7. The fraction of sp³-hybridized carbons (Fsp3) is 0.714. The quantitative estimate of drug-likeness (QED) is 0.683. The molecule has 0 aromatic carbocycles. The highest BCUT2D eigenvalue weighted by molar-refractivity contribution is 5.78. The van der Waals surface area contributed by atoms with Gasteiger partial charge in [0, 0.05) is 44.7 Å². The molecule has 0 aromatic rings. The molecule has 2 rings (SSSR count). The zero-order chi connectivity index (χ0) is 14.4. The van der Waals surface area contributed by atoms with Crippen molar-refractivity contribution in [3.63, 3.8) is 0 Å². The normalized spacial score (nSPS) is 22.8. The number of terminal acetylenes is 1. The minimum atomic E-state index is -0.400. The summed E-state index contributed by atoms with van der Waals surface area (Å²) in [6.07, 6.45) is 9.95. The number of hydrogen-bond donors (Lipinski definition) is 2. The van der Waals surface area contributed by atoms with E-state index in [-0.39, 0.29) is 17.9 Å². The largest absolute Gasteiger partial charge is 0.354 e. The van der Waals surface area contributed by atoms with Gasteiger partial charge in [-0.05, 0) is 12.8 Å². The van der Waals surface area contributed by atoms with Gasteiger partial charge in [-0.1, -0.05) is 0 Å². The molecule has 108 valence electrons. The van der Waals surface area contributed by atoms with Crippen LogP contribution in [0.3, 0.4) is 0 Å². The highest BCUT2D eigenvalue weighted by atomic mass is 16.2. The lowest BCUT2D eigenvalue weighted by atomic mass is 10.0. The molecule has 20 heavy (non-hydrogen) atoms. The molecule has 0 aromatic heterocycles. The van der Waals surface area contributed by atoms with Crippen LogP contribution in [0.1, 0.15) is 44.9 Å². The molecule has 0 aliphatic carbocycles. The van der Waals surface area contributed by atoms with Crippen LogP contribution in [-0.2, 0) is 9.59 Å². The molecule has 0 spiro atoms. The van der Waals surface area contributed by atoms with Crippen molar-refractivity contribution in [3.8, 4) is 12.3 Å². The first-order chi connectivity index (χ1) is 9.63. The zero-order valence-electron chi connectivity index (χ0n) is 11.5. The van der Waals surface area contributed by atoms with Crippen LogP contribution < -0.4 is 10.6 Å². The molecule has 0 saturated carbocycles. The molecular weight excluding hydrogens is 256 g/mol. The summed E-state index contributed by atoms with van der Waals surface area (Å²) in [5.74, 6) is 2.61. The highest BCUT2D eigenvalue weighted by Gasteiger charge is 2.39. The molecular formula is C14H20N4O2. The maximum atomic E-state index is 11.8. The maximum Gasteiger partial charge on any atom is 0.220 e. The number of carbonyl (C=O) groups is 2. The first-order valence-corrected chi connectivity index (χ1v) is 7.07. The Morgan fingerprint density at radius 2 is 2.30 bits per heavy atom. The van der Waals surface area contributed by atoms with Gasteiger partial charge in [0.2, 0.25) is 11.8 Å². The Morgan fingerprint density at radius 3 is 2.95 bits per heavy atom. The standard InChI is InChI=1S/C14H20N4O2/c1-2-3-8-14(17-18-14)9-7-12(19)15-10-11-5-4-6-13(20)16-11/h1,11H,3-10H2,(H,15,19)(H,16,20). The summed E-state index contributed by atoms with van der Waals surface area (Å²) in [6.45, 7) is 0.496. The van der Waals surface area contributed by atoms with E-state index in [0.29, 0.717) is 32.2 Å². The molecule has 0 radical (unpaired) electrons. The molecule has 0 bridgehead atoms. The number of amides is 2. The van der Waals surface area contributed by atoms with Gasteiger partial charge in [0.25, 0.3) is 0 Å². The van der Waals surface area contributed by atoms with Gasteiger partial charge >= 0.3 is 0 Å². The molecule has 6 heteroatoms. The first-order valence-electron chi connectivity index (χ1n) is 7.07. The number of nitrogens with zero attached hydrogens (tertiary/aromatic N) is 2. The fourth-order valence-corrected chi connectivity index (χ4v) is 2.34. The van der Waals surface area contributed by atoms with Crippen LogP contribution >= 0.6 is 0 Å². The minimum absolute atomic E-state index is 0.0257. The van der Waals surface area contributed by atoms with E-state index in [9.17, 15) is 9.59 Å². The predicted molar refractivity (Wildman–Crippen MR) is 73.7 cm³/mol. The van der Waals surface area contributed by atoms with E-state index < -0.39 is 5.66 Å². The maximum absolute atomic E-state index is 11.8. The summed E-state index contributed by atoms with van der Waals surface area (Å²) in [7, 11) is 0. The average Bonchev–Trinajstić information content (AvgIpc) is 3.21. The van der Waals surface area contributed by atoms with Crippen LogP contribution in [0, 0.1) is 12.3 Å². The van der Waals surface area contributed by atoms with Crippen molar-refractivity contribution in [1.82, 2.24) is 10.6 Å². The van der Waals surface area contributed by atoms with Crippen molar-refractivity contribution >= 4 is 11.8 Å². The number of nitrogens with one attached hydrogen (secondary N) is 2. The van der Waals surface area contributed by atoms with Gasteiger partial charge in [-0.3, -0.25) is 9.59 Å². The summed E-state index contributed by atoms with van der Waals surface area (Å²) >= 11 is 0. The second-order valence-corrected chi connectivity index (χ2v) is 5.35. The van der Waals surface area contributed by atoms with E-state index in [4.69, 9.17) is 6.42 Å². The van der Waals surface area contributed by atoms with Crippen molar-refractivity contribution in [2.45, 2.75) is 56.7 Å². The molecule has 2 aliphatic heterocycles. The Bertz CT molecular complexity index is 447. The molecule has 6 nitrogen and oxygen atoms in total. The van der Waals surface area contributed by atoms with E-state index in [1.807, 2.05) is 0 Å². The number of rotatable bonds is 7. The topological polar surface area (TPSA) is 82.9 Å². The number of hydrogen-bond acceptors (Lipinski definition) is 4. The molecule has 2 amide bonds. The second-order valence-electron chi connectivity index (χ2n) is 5.35. The fourth-order valence-electron chi connectivity index (χ4n) is 2.34. The summed E-state index contributed by atoms with van der Waals surface area (Å²) in [5.41, 5.74) is -0.400. The van der Waals surface area contributed by atoms with Gasteiger partial charge in [0.15, 0.2) is 5.66 Å². The lowest BCUT2D eigenvalue weighted by Gasteiger charge is -2.23. The summed E-state index contributed by atoms with van der Waals surface area (Å²) in [6, 6.07) is 0.0610. The van der Waals surface area contributed by atoms with Crippen LogP contribution in [0.2, 0.25) is 0 Å². The third-order valence-electron chi connectivity index (χ3n) is 3.67. The second kappa shape index (κ2) is 6.51. The van der Waals surface area contributed by atoms with Crippen molar-refractivity contribution in [2.24, 2.45) is 10.2 Å². The summed E-state index contributed by atoms with van der Waals surface area (Å²) in [4.78, 5) is 23.0. The van der Waals surface area contributed by atoms with Gasteiger partial charge in [-0.15, -0.1) is 12.3 Å². The Balaban J connectivity index is 1.61. The molecule has 1 unspecified atom stereocenters. The van der Waals surface area contributed by atoms with E-state index >= 15 is 0 Å². The van der Waals surface area contributed by atoms with Crippen molar-refractivity contribution in [1.29, 1.82) is 0 Å². The monoisotopic (exact) mass is 276 g/mol. The lowest BCUT2D eigenvalue weighted by Crippen LogP contribution is -2.46. The van der Waals surface area contributed by atoms with E-state index in [1.54, 1.807) is 0 Å². The van der Waals surface area contributed by atoms with Crippen molar-refractivity contribution in [3.05, 3.63) is 0 Å². The molecule has 2 N–H and O–H groups in total. The SMILES string of the molecule is C#CCCC1(CCC(=O)NCC2CCCC(=O)N2)N=N1. The lowest BCUT2D eigenvalue weighted by molar-refractivity contribution is -0.124. The van der Waals surface area contributed by atoms with Gasteiger partial charge in [0.1, 0.15) is 0 Å². The molecule has 2 heterocycles. The Hall–Kier alpha value is -1.90. The smallest absolute Gasteiger partial charge is 0.220 e. The molecule has 2 aliphatic rings. The van der Waals surface area contributed by atoms with Crippen molar-refractivity contribution < 1.29 is 9.59 Å². The Kier molecular flexibility index (Phi) is 4.72. The van der Waals surface area contributed by atoms with Crippen molar-refractivity contribution in [2.75, 3.05) is 6.54 Å². The summed E-state index contributed by atoms with van der Waals surface area (Å²) < 4.78 is 0. The minimum Gasteiger partial charge on any atom is -0.354 e. The molecule has 1 fully saturated rings. The highest BCUT2D eigenvalue weighted by Crippen LogP contribution is 2.37. The van der Waals surface area contributed by atoms with Gasteiger partial charge in [0.05, 0.1) is 0 Å². The molecule has 1 atom stereocenters. The first kappa shape index (κ1) is 14.5. The van der Waals surface area contributed by atoms with Gasteiger partial charge in [-0.2, -0.15) is 10.2 Å². The van der Waals surface area contributed by atoms with Crippen LogP contribution in [0.5, 0.6) is 0 Å². The molecule has 1 saturated heterocycles. The van der Waals surface area contributed by atoms with E-state index in [1.165, 1.54) is 0 Å². The predicted octanol–water partition coefficient (Wildman–Crippen LogP) is 1.13. The van der Waals surface area contributed by atoms with Gasteiger partial charge in [-0.25, -0.2) is 0 Å². The van der Waals surface area contributed by atoms with Crippen LogP contribution in [-0.4, -0.2) is 30.1 Å². The van der Waals surface area contributed by atoms with Crippen LogP contribution in [0.25, 0.3) is 0 Å². The van der Waals surface area contributed by atoms with Gasteiger partial charge < -0.3 is 10.6 Å². The third kappa shape index (κ3) is 4.34. The third-order valence-corrected chi connectivity index (χ3v) is 3.67. The van der Waals surface area contributed by atoms with Crippen LogP contribution in [0.15, 0.2) is 10.2 Å². The van der Waals surface area contributed by atoms with E-state index in [2.05, 4.69) is 26.8 Å². The Labute approximate surface area is 118 Å². The Morgan fingerprint density at radius 1 is 1.50 bits per heavy atom. The van der Waals surface area contributed by atoms with E-state index in [0.717, 1.165) is 19.3 Å². The zero-order valence-corrected chi connectivity index (χ0v) is 11.5. The average molecular weight is 276 g/mol. The van der Waals surface area contributed by atoms with Crippen LogP contribution in [0.4, 0.5) is 0 Å². The number of carbonyl (C=O) groups excluding carboxylic acids is 2.